The molecular formula is C8H16N2S. The van der Waals surface area contributed by atoms with Crippen LogP contribution in [0.15, 0.2) is 17.6 Å². The van der Waals surface area contributed by atoms with Crippen molar-refractivity contribution in [2.75, 3.05) is 5.75 Å². The summed E-state index contributed by atoms with van der Waals surface area (Å²) in [6.45, 7) is 9.66. The minimum Gasteiger partial charge on any atom is -0.379 e. The van der Waals surface area contributed by atoms with Crippen LogP contribution < -0.4 is 5.73 Å². The molecule has 0 fully saturated rings. The van der Waals surface area contributed by atoms with Crippen LogP contribution >= 0.6 is 11.8 Å². The number of nitrogens with two attached hydrogens (primary N) is 1. The second-order valence-electron chi connectivity index (χ2n) is 3.22. The predicted molar refractivity (Wildman–Crippen MR) is 54.0 cm³/mol. The van der Waals surface area contributed by atoms with Crippen molar-refractivity contribution in [3.8, 4) is 0 Å². The molecule has 11 heavy (non-hydrogen) atoms. The molecule has 3 heteroatoms. The summed E-state index contributed by atoms with van der Waals surface area (Å²) in [6, 6.07) is 0. The van der Waals surface area contributed by atoms with Gasteiger partial charge in [-0.2, -0.15) is 0 Å². The van der Waals surface area contributed by atoms with Crippen molar-refractivity contribution in [2.24, 2.45) is 10.7 Å². The highest BCUT2D eigenvalue weighted by Gasteiger charge is 2.07. The molecule has 0 aromatic rings. The molecule has 0 spiro atoms. The molecule has 0 saturated carbocycles. The molecule has 0 saturated heterocycles. The molecule has 0 unspecified atom stereocenters. The van der Waals surface area contributed by atoms with Crippen molar-refractivity contribution < 1.29 is 0 Å². The average Bonchev–Trinajstić information content (AvgIpc) is 1.79. The Morgan fingerprint density at radius 1 is 1.64 bits per heavy atom. The minimum absolute atomic E-state index is 0.0712. The third-order valence-electron chi connectivity index (χ3n) is 0.795. The number of thioether (sulfide) groups is 1. The van der Waals surface area contributed by atoms with Crippen molar-refractivity contribution in [1.29, 1.82) is 0 Å². The van der Waals surface area contributed by atoms with Gasteiger partial charge in [-0.15, -0.1) is 6.58 Å². The number of hydrogen-bond acceptors (Lipinski definition) is 2. The van der Waals surface area contributed by atoms with Crippen LogP contribution in [0, 0.1) is 0 Å². The Morgan fingerprint density at radius 2 is 2.18 bits per heavy atom. The van der Waals surface area contributed by atoms with Crippen molar-refractivity contribution in [1.82, 2.24) is 0 Å². The first-order valence-electron chi connectivity index (χ1n) is 3.55. The van der Waals surface area contributed by atoms with Crippen LogP contribution in [-0.4, -0.2) is 16.5 Å². The van der Waals surface area contributed by atoms with E-state index in [-0.39, 0.29) is 5.54 Å². The highest BCUT2D eigenvalue weighted by Crippen LogP contribution is 2.09. The first kappa shape index (κ1) is 10.6. The van der Waals surface area contributed by atoms with Gasteiger partial charge < -0.3 is 5.73 Å². The van der Waals surface area contributed by atoms with E-state index in [1.165, 1.54) is 11.8 Å². The fourth-order valence-electron chi connectivity index (χ4n) is 0.507. The molecule has 0 radical (unpaired) electrons. The molecule has 2 nitrogen and oxygen atoms in total. The van der Waals surface area contributed by atoms with Gasteiger partial charge in [0.25, 0.3) is 0 Å². The second kappa shape index (κ2) is 4.44. The summed E-state index contributed by atoms with van der Waals surface area (Å²) < 4.78 is 0. The maximum Gasteiger partial charge on any atom is 0.154 e. The van der Waals surface area contributed by atoms with Crippen LogP contribution in [0.25, 0.3) is 0 Å². The van der Waals surface area contributed by atoms with Gasteiger partial charge in [-0.25, -0.2) is 0 Å². The predicted octanol–water partition coefficient (Wildman–Crippen LogP) is 2.02. The third-order valence-corrected chi connectivity index (χ3v) is 1.58. The topological polar surface area (TPSA) is 38.4 Å². The summed E-state index contributed by atoms with van der Waals surface area (Å²) in [5.74, 6) is 0.825. The Hall–Kier alpha value is -0.440. The molecule has 0 aliphatic carbocycles. The van der Waals surface area contributed by atoms with Crippen LogP contribution in [0.5, 0.6) is 0 Å². The largest absolute Gasteiger partial charge is 0.379 e. The maximum absolute atomic E-state index is 5.61. The van der Waals surface area contributed by atoms with E-state index in [1.54, 1.807) is 0 Å². The van der Waals surface area contributed by atoms with Gasteiger partial charge in [0, 0.05) is 5.75 Å². The first-order valence-corrected chi connectivity index (χ1v) is 4.53. The van der Waals surface area contributed by atoms with Crippen LogP contribution in [0.1, 0.15) is 20.8 Å². The van der Waals surface area contributed by atoms with Crippen LogP contribution in [0.3, 0.4) is 0 Å². The molecule has 0 bridgehead atoms. The number of nitrogens with zero attached hydrogens (tertiary/aromatic N) is 1. The van der Waals surface area contributed by atoms with Crippen molar-refractivity contribution in [3.63, 3.8) is 0 Å². The standard InChI is InChI=1S/C8H16N2S/c1-5-6-11-7(9)10-8(2,3)4/h5H,1,6H2,2-4H3,(H2,9,10). The molecule has 0 atom stereocenters. The van der Waals surface area contributed by atoms with Crippen molar-refractivity contribution in [2.45, 2.75) is 26.3 Å². The molecule has 0 aromatic carbocycles. The van der Waals surface area contributed by atoms with Gasteiger partial charge in [-0.1, -0.05) is 17.8 Å². The lowest BCUT2D eigenvalue weighted by atomic mass is 10.1. The second-order valence-corrected chi connectivity index (χ2v) is 4.26. The van der Waals surface area contributed by atoms with Gasteiger partial charge in [-0.05, 0) is 20.8 Å². The Bertz CT molecular complexity index is 156. The average molecular weight is 172 g/mol. The van der Waals surface area contributed by atoms with E-state index in [4.69, 9.17) is 5.73 Å². The van der Waals surface area contributed by atoms with E-state index in [1.807, 2.05) is 26.8 Å². The number of rotatable bonds is 2. The molecule has 0 amide bonds. The summed E-state index contributed by atoms with van der Waals surface area (Å²) in [7, 11) is 0. The van der Waals surface area contributed by atoms with Crippen LogP contribution in [-0.2, 0) is 0 Å². The third kappa shape index (κ3) is 7.46. The summed E-state index contributed by atoms with van der Waals surface area (Å²) in [5.41, 5.74) is 5.54. The van der Waals surface area contributed by atoms with Gasteiger partial charge >= 0.3 is 0 Å². The summed E-state index contributed by atoms with van der Waals surface area (Å²) in [4.78, 5) is 4.26. The number of amidine groups is 1. The van der Waals surface area contributed by atoms with Gasteiger partial charge in [0.2, 0.25) is 0 Å². The molecule has 0 aliphatic heterocycles. The van der Waals surface area contributed by atoms with Gasteiger partial charge in [0.05, 0.1) is 5.54 Å². The molecule has 0 aliphatic rings. The van der Waals surface area contributed by atoms with E-state index in [0.717, 1.165) is 5.75 Å². The number of aliphatic imine (C=N–C) groups is 1. The summed E-state index contributed by atoms with van der Waals surface area (Å²) in [5, 5.41) is 0.636. The Balaban J connectivity index is 3.90. The fraction of sp³-hybridized carbons (Fsp3) is 0.625. The fourth-order valence-corrected chi connectivity index (χ4v) is 1.13. The van der Waals surface area contributed by atoms with Crippen LogP contribution in [0.2, 0.25) is 0 Å². The highest BCUT2D eigenvalue weighted by atomic mass is 32.2. The molecular weight excluding hydrogens is 156 g/mol. The monoisotopic (exact) mass is 172 g/mol. The van der Waals surface area contributed by atoms with E-state index in [2.05, 4.69) is 11.6 Å². The first-order chi connectivity index (χ1) is 4.95. The SMILES string of the molecule is C=CCSC(N)=NC(C)(C)C. The summed E-state index contributed by atoms with van der Waals surface area (Å²) in [6.07, 6.45) is 1.82. The number of hydrogen-bond donors (Lipinski definition) is 1. The molecule has 64 valence electrons. The molecule has 0 rings (SSSR count). The smallest absolute Gasteiger partial charge is 0.154 e. The van der Waals surface area contributed by atoms with E-state index in [9.17, 15) is 0 Å². The Kier molecular flexibility index (Phi) is 4.26. The zero-order chi connectivity index (χ0) is 8.91. The zero-order valence-electron chi connectivity index (χ0n) is 7.42. The van der Waals surface area contributed by atoms with Gasteiger partial charge in [-0.3, -0.25) is 4.99 Å². The summed E-state index contributed by atoms with van der Waals surface area (Å²) >= 11 is 1.51. The lowest BCUT2D eigenvalue weighted by molar-refractivity contribution is 0.585. The highest BCUT2D eigenvalue weighted by molar-refractivity contribution is 8.13. The van der Waals surface area contributed by atoms with Gasteiger partial charge in [0.15, 0.2) is 5.17 Å². The van der Waals surface area contributed by atoms with E-state index < -0.39 is 0 Å². The van der Waals surface area contributed by atoms with Gasteiger partial charge in [0.1, 0.15) is 0 Å². The lowest BCUT2D eigenvalue weighted by Crippen LogP contribution is -2.17. The van der Waals surface area contributed by atoms with Crippen molar-refractivity contribution in [3.05, 3.63) is 12.7 Å². The molecule has 0 aromatic heterocycles. The zero-order valence-corrected chi connectivity index (χ0v) is 8.24. The quantitative estimate of drug-likeness (QED) is 0.393. The minimum atomic E-state index is -0.0712. The van der Waals surface area contributed by atoms with Crippen molar-refractivity contribution >= 4 is 16.9 Å². The maximum atomic E-state index is 5.61. The normalized spacial score (nSPS) is 13.2. The molecule has 0 heterocycles. The molecule has 2 N–H and O–H groups in total. The van der Waals surface area contributed by atoms with E-state index in [0.29, 0.717) is 5.17 Å². The van der Waals surface area contributed by atoms with Crippen LogP contribution in [0.4, 0.5) is 0 Å². The Labute approximate surface area is 73.0 Å². The Morgan fingerprint density at radius 3 is 2.55 bits per heavy atom. The van der Waals surface area contributed by atoms with E-state index >= 15 is 0 Å². The lowest BCUT2D eigenvalue weighted by Gasteiger charge is -2.12.